The smallest absolute Gasteiger partial charge is 0.341 e. The minimum Gasteiger partial charge on any atom is -0.477 e. The topological polar surface area (TPSA) is 82.8 Å². The van der Waals surface area contributed by atoms with Gasteiger partial charge in [0, 0.05) is 36.3 Å². The number of aryl methyl sites for hydroxylation is 1. The second-order valence-electron chi connectivity index (χ2n) is 8.40. The van der Waals surface area contributed by atoms with Crippen LogP contribution in [-0.2, 0) is 6.42 Å². The fourth-order valence-corrected chi connectivity index (χ4v) is 4.86. The molecule has 2 aliphatic rings. The van der Waals surface area contributed by atoms with Crippen molar-refractivity contribution in [1.29, 1.82) is 0 Å². The Bertz CT molecular complexity index is 1020. The molecule has 28 heavy (non-hydrogen) atoms. The van der Waals surface area contributed by atoms with Gasteiger partial charge < -0.3 is 19.7 Å². The molecule has 6 nitrogen and oxygen atoms in total. The van der Waals surface area contributed by atoms with E-state index < -0.39 is 23.3 Å². The van der Waals surface area contributed by atoms with Crippen molar-refractivity contribution in [2.45, 2.75) is 45.8 Å². The standard InChI is InChI=1S/C21H25FN2O4/c1-10-7-23(8-11(2)19(10)25)18-13-5-4-12(3)24-9-15(21(27)28)20(26)14(17(13)24)6-16(18)22/h6,9-12,19,25H,4-5,7-8H2,1-3H3,(H,27,28)/t10?,11?,12-,19?/m0/s1. The van der Waals surface area contributed by atoms with Gasteiger partial charge in [0.2, 0.25) is 5.43 Å². The van der Waals surface area contributed by atoms with E-state index in [-0.39, 0.29) is 28.8 Å². The highest BCUT2D eigenvalue weighted by Crippen LogP contribution is 2.39. The van der Waals surface area contributed by atoms with Gasteiger partial charge in [-0.1, -0.05) is 13.8 Å². The van der Waals surface area contributed by atoms with Crippen molar-refractivity contribution in [2.75, 3.05) is 18.0 Å². The summed E-state index contributed by atoms with van der Waals surface area (Å²) in [5.41, 5.74) is 0.911. The summed E-state index contributed by atoms with van der Waals surface area (Å²) in [7, 11) is 0. The lowest BCUT2D eigenvalue weighted by Crippen LogP contribution is -2.48. The van der Waals surface area contributed by atoms with Gasteiger partial charge in [0.15, 0.2) is 0 Å². The number of carboxylic acid groups (broad SMARTS) is 1. The molecule has 4 rings (SSSR count). The third-order valence-electron chi connectivity index (χ3n) is 6.36. The number of benzene rings is 1. The van der Waals surface area contributed by atoms with Gasteiger partial charge >= 0.3 is 5.97 Å². The quantitative estimate of drug-likeness (QED) is 0.827. The summed E-state index contributed by atoms with van der Waals surface area (Å²) >= 11 is 0. The van der Waals surface area contributed by atoms with Crippen molar-refractivity contribution in [1.82, 2.24) is 4.57 Å². The van der Waals surface area contributed by atoms with E-state index in [1.165, 1.54) is 12.3 Å². The van der Waals surface area contributed by atoms with Crippen LogP contribution in [0.4, 0.5) is 10.1 Å². The number of aliphatic hydroxyl groups excluding tert-OH is 1. The van der Waals surface area contributed by atoms with Crippen LogP contribution in [0.15, 0.2) is 17.1 Å². The summed E-state index contributed by atoms with van der Waals surface area (Å²) in [6, 6.07) is 1.21. The normalized spacial score (nSPS) is 27.2. The Kier molecular flexibility index (Phi) is 4.45. The summed E-state index contributed by atoms with van der Waals surface area (Å²) in [6.45, 7) is 6.95. The number of hydrogen-bond donors (Lipinski definition) is 2. The number of halogens is 1. The Morgan fingerprint density at radius 3 is 2.46 bits per heavy atom. The maximum atomic E-state index is 15.3. The molecule has 3 heterocycles. The summed E-state index contributed by atoms with van der Waals surface area (Å²) in [4.78, 5) is 26.2. The van der Waals surface area contributed by atoms with Crippen molar-refractivity contribution < 1.29 is 19.4 Å². The highest BCUT2D eigenvalue weighted by atomic mass is 19.1. The Balaban J connectivity index is 1.99. The molecule has 1 aromatic carbocycles. The van der Waals surface area contributed by atoms with Gasteiger partial charge in [-0.2, -0.15) is 0 Å². The van der Waals surface area contributed by atoms with Crippen LogP contribution < -0.4 is 10.3 Å². The van der Waals surface area contributed by atoms with Crippen LogP contribution >= 0.6 is 0 Å². The van der Waals surface area contributed by atoms with Gasteiger partial charge in [-0.3, -0.25) is 4.79 Å². The highest BCUT2D eigenvalue weighted by molar-refractivity contribution is 5.95. The van der Waals surface area contributed by atoms with E-state index in [1.807, 2.05) is 30.2 Å². The average Bonchev–Trinajstić information content (AvgIpc) is 2.63. The maximum Gasteiger partial charge on any atom is 0.341 e. The molecule has 2 N–H and O–H groups in total. The third-order valence-corrected chi connectivity index (χ3v) is 6.36. The molecule has 3 atom stereocenters. The van der Waals surface area contributed by atoms with E-state index in [4.69, 9.17) is 0 Å². The fourth-order valence-electron chi connectivity index (χ4n) is 4.86. The van der Waals surface area contributed by atoms with Gasteiger partial charge in [0.05, 0.1) is 17.3 Å². The number of pyridine rings is 1. The number of carbonyl (C=O) groups is 1. The van der Waals surface area contributed by atoms with Crippen LogP contribution in [0.3, 0.4) is 0 Å². The average molecular weight is 388 g/mol. The number of aromatic carboxylic acids is 1. The number of aliphatic hydroxyl groups is 1. The first-order valence-corrected chi connectivity index (χ1v) is 9.77. The summed E-state index contributed by atoms with van der Waals surface area (Å²) in [5.74, 6) is -1.79. The number of aromatic nitrogens is 1. The molecule has 0 spiro atoms. The van der Waals surface area contributed by atoms with Crippen LogP contribution in [0.2, 0.25) is 0 Å². The van der Waals surface area contributed by atoms with Crippen LogP contribution in [0, 0.1) is 17.7 Å². The number of piperidine rings is 1. The van der Waals surface area contributed by atoms with Crippen molar-refractivity contribution in [3.05, 3.63) is 39.4 Å². The van der Waals surface area contributed by atoms with Gasteiger partial charge in [0.1, 0.15) is 11.4 Å². The Morgan fingerprint density at radius 1 is 1.21 bits per heavy atom. The zero-order valence-corrected chi connectivity index (χ0v) is 16.3. The predicted molar refractivity (Wildman–Crippen MR) is 105 cm³/mol. The Morgan fingerprint density at radius 2 is 1.86 bits per heavy atom. The number of rotatable bonds is 2. The van der Waals surface area contributed by atoms with Crippen LogP contribution in [0.25, 0.3) is 10.9 Å². The minimum atomic E-state index is -1.30. The highest BCUT2D eigenvalue weighted by Gasteiger charge is 2.34. The molecule has 150 valence electrons. The van der Waals surface area contributed by atoms with Crippen LogP contribution in [0.5, 0.6) is 0 Å². The lowest BCUT2D eigenvalue weighted by Gasteiger charge is -2.42. The molecule has 2 aromatic rings. The third kappa shape index (κ3) is 2.71. The Labute approximate surface area is 162 Å². The Hall–Kier alpha value is -2.41. The predicted octanol–water partition coefficient (Wildman–Crippen LogP) is 2.80. The SMILES string of the molecule is CC1CN(c2c(F)cc3c(=O)c(C(=O)O)cn4c3c2CC[C@@H]4C)CC(C)C1O. The van der Waals surface area contributed by atoms with Gasteiger partial charge in [0.25, 0.3) is 0 Å². The van der Waals surface area contributed by atoms with Crippen molar-refractivity contribution in [3.63, 3.8) is 0 Å². The van der Waals surface area contributed by atoms with Crippen molar-refractivity contribution in [2.24, 2.45) is 11.8 Å². The number of anilines is 1. The van der Waals surface area contributed by atoms with Crippen LogP contribution in [0.1, 0.15) is 49.2 Å². The molecule has 0 saturated carbocycles. The fraction of sp³-hybridized carbons (Fsp3) is 0.524. The van der Waals surface area contributed by atoms with Gasteiger partial charge in [-0.15, -0.1) is 0 Å². The summed E-state index contributed by atoms with van der Waals surface area (Å²) < 4.78 is 17.1. The van der Waals surface area contributed by atoms with Gasteiger partial charge in [-0.25, -0.2) is 9.18 Å². The largest absolute Gasteiger partial charge is 0.477 e. The van der Waals surface area contributed by atoms with E-state index in [0.717, 1.165) is 12.0 Å². The molecule has 0 bridgehead atoms. The van der Waals surface area contributed by atoms with E-state index in [9.17, 15) is 19.8 Å². The van der Waals surface area contributed by atoms with E-state index in [0.29, 0.717) is 30.7 Å². The molecule has 1 saturated heterocycles. The first kappa shape index (κ1) is 18.9. The van der Waals surface area contributed by atoms with E-state index in [2.05, 4.69) is 0 Å². The maximum absolute atomic E-state index is 15.3. The molecule has 7 heteroatoms. The monoisotopic (exact) mass is 388 g/mol. The number of carboxylic acids is 1. The number of nitrogens with zero attached hydrogens (tertiary/aromatic N) is 2. The van der Waals surface area contributed by atoms with Crippen molar-refractivity contribution in [3.8, 4) is 0 Å². The minimum absolute atomic E-state index is 0.00476. The molecule has 0 radical (unpaired) electrons. The van der Waals surface area contributed by atoms with Crippen LogP contribution in [-0.4, -0.2) is 39.9 Å². The molecule has 2 aliphatic heterocycles. The second-order valence-corrected chi connectivity index (χ2v) is 8.40. The molecular formula is C21H25FN2O4. The van der Waals surface area contributed by atoms with Gasteiger partial charge in [-0.05, 0) is 37.7 Å². The first-order chi connectivity index (χ1) is 13.2. The number of hydrogen-bond acceptors (Lipinski definition) is 4. The molecule has 0 amide bonds. The second kappa shape index (κ2) is 6.58. The molecule has 2 unspecified atom stereocenters. The lowest BCUT2D eigenvalue weighted by molar-refractivity contribution is 0.0527. The zero-order valence-electron chi connectivity index (χ0n) is 16.3. The van der Waals surface area contributed by atoms with Crippen molar-refractivity contribution >= 4 is 22.6 Å². The molecular weight excluding hydrogens is 363 g/mol. The van der Waals surface area contributed by atoms with E-state index >= 15 is 4.39 Å². The molecule has 1 aromatic heterocycles. The lowest BCUT2D eigenvalue weighted by atomic mass is 9.86. The molecule has 1 fully saturated rings. The zero-order chi connectivity index (χ0) is 20.3. The molecule has 0 aliphatic carbocycles. The van der Waals surface area contributed by atoms with E-state index in [1.54, 1.807) is 0 Å². The summed E-state index contributed by atoms with van der Waals surface area (Å²) in [5, 5.41) is 19.8. The first-order valence-electron chi connectivity index (χ1n) is 9.77. The summed E-state index contributed by atoms with van der Waals surface area (Å²) in [6.07, 6.45) is 2.33.